The van der Waals surface area contributed by atoms with Gasteiger partial charge in [0.1, 0.15) is 0 Å². The molecular weight excluding hydrogens is 582 g/mol. The van der Waals surface area contributed by atoms with Crippen molar-refractivity contribution in [2.75, 3.05) is 0 Å². The number of nitro groups is 1. The summed E-state index contributed by atoms with van der Waals surface area (Å²) in [6.07, 6.45) is 0. The molecule has 5 aromatic carbocycles. The zero-order valence-corrected chi connectivity index (χ0v) is 25.7. The van der Waals surface area contributed by atoms with Crippen molar-refractivity contribution < 1.29 is 4.92 Å². The molecule has 0 amide bonds. The molecule has 7 aromatic rings. The second kappa shape index (κ2) is 11.7. The van der Waals surface area contributed by atoms with Crippen LogP contribution in [0.4, 0.5) is 5.69 Å². The van der Waals surface area contributed by atoms with Gasteiger partial charge in [-0.05, 0) is 97.3 Å². The fourth-order valence-corrected chi connectivity index (χ4v) is 6.10. The third-order valence-corrected chi connectivity index (χ3v) is 8.47. The van der Waals surface area contributed by atoms with Gasteiger partial charge in [0.15, 0.2) is 0 Å². The van der Waals surface area contributed by atoms with Crippen LogP contribution in [-0.4, -0.2) is 14.1 Å². The maximum atomic E-state index is 11.6. The smallest absolute Gasteiger partial charge is 0.269 e. The minimum Gasteiger partial charge on any atom is -0.307 e. The van der Waals surface area contributed by atoms with Crippen molar-refractivity contribution in [1.29, 1.82) is 10.5 Å². The molecule has 7 nitrogen and oxygen atoms in total. The summed E-state index contributed by atoms with van der Waals surface area (Å²) in [6.45, 7) is 4.10. The molecule has 47 heavy (non-hydrogen) atoms. The Balaban J connectivity index is 1.68. The Morgan fingerprint density at radius 1 is 0.596 bits per heavy atom. The van der Waals surface area contributed by atoms with E-state index in [1.165, 1.54) is 12.1 Å². The fraction of sp³-hybridized carbons (Fsp3) is 0.0500. The number of fused-ring (bicyclic) bond motifs is 1. The maximum absolute atomic E-state index is 11.6. The predicted octanol–water partition coefficient (Wildman–Crippen LogP) is 9.69. The summed E-state index contributed by atoms with van der Waals surface area (Å²) in [7, 11) is 0. The standard InChI is InChI=1S/C40H27N5O2/c1-26-3-17-33(18-4-26)43-36(30-11-7-28(24-41)8-12-30)23-37-40(43)38(31-15-21-35(22-16-31)45(46)47)39(32-13-9-29(25-42)10-14-32)44(37)34-19-5-27(2)6-20-34/h3-23H,1-2H3. The number of rotatable bonds is 6. The summed E-state index contributed by atoms with van der Waals surface area (Å²) in [5.74, 6) is 0. The number of hydrogen-bond acceptors (Lipinski definition) is 4. The van der Waals surface area contributed by atoms with Crippen molar-refractivity contribution in [1.82, 2.24) is 9.13 Å². The Morgan fingerprint density at radius 2 is 1.06 bits per heavy atom. The molecular formula is C40H27N5O2. The van der Waals surface area contributed by atoms with Gasteiger partial charge in [0.05, 0.1) is 50.6 Å². The lowest BCUT2D eigenvalue weighted by atomic mass is 9.99. The number of hydrogen-bond donors (Lipinski definition) is 0. The SMILES string of the molecule is Cc1ccc(-n2c(-c3ccc(C#N)cc3)c(-c3ccc([N+](=O)[O-])cc3)c3c2cc(-c2ccc(C#N)cc2)n3-c2ccc(C)cc2)cc1. The molecule has 0 saturated heterocycles. The molecule has 2 aromatic heterocycles. The van der Waals surface area contributed by atoms with Crippen molar-refractivity contribution in [3.05, 3.63) is 160 Å². The van der Waals surface area contributed by atoms with E-state index in [-0.39, 0.29) is 5.69 Å². The van der Waals surface area contributed by atoms with Crippen LogP contribution in [-0.2, 0) is 0 Å². The van der Waals surface area contributed by atoms with Gasteiger partial charge in [0.2, 0.25) is 0 Å². The summed E-state index contributed by atoms with van der Waals surface area (Å²) < 4.78 is 4.45. The quantitative estimate of drug-likeness (QED) is 0.138. The topological polar surface area (TPSA) is 101 Å². The normalized spacial score (nSPS) is 10.9. The van der Waals surface area contributed by atoms with Gasteiger partial charge in [-0.15, -0.1) is 0 Å². The predicted molar refractivity (Wildman–Crippen MR) is 184 cm³/mol. The molecule has 0 aliphatic heterocycles. The molecule has 0 N–H and O–H groups in total. The van der Waals surface area contributed by atoms with Crippen LogP contribution >= 0.6 is 0 Å². The zero-order chi connectivity index (χ0) is 32.7. The van der Waals surface area contributed by atoms with E-state index in [1.807, 2.05) is 48.5 Å². The second-order valence-electron chi connectivity index (χ2n) is 11.5. The van der Waals surface area contributed by atoms with Crippen LogP contribution in [0.5, 0.6) is 0 Å². The number of aryl methyl sites for hydroxylation is 2. The molecule has 0 radical (unpaired) electrons. The van der Waals surface area contributed by atoms with E-state index < -0.39 is 4.92 Å². The van der Waals surface area contributed by atoms with Gasteiger partial charge >= 0.3 is 0 Å². The highest BCUT2D eigenvalue weighted by Gasteiger charge is 2.27. The fourth-order valence-electron chi connectivity index (χ4n) is 6.10. The van der Waals surface area contributed by atoms with E-state index in [9.17, 15) is 20.6 Å². The minimum absolute atomic E-state index is 0.00933. The van der Waals surface area contributed by atoms with Crippen molar-refractivity contribution in [3.8, 4) is 57.2 Å². The Hall–Kier alpha value is -6.70. The first-order valence-corrected chi connectivity index (χ1v) is 15.1. The monoisotopic (exact) mass is 609 g/mol. The molecule has 0 saturated carbocycles. The van der Waals surface area contributed by atoms with Crippen LogP contribution < -0.4 is 0 Å². The van der Waals surface area contributed by atoms with Gasteiger partial charge < -0.3 is 9.13 Å². The van der Waals surface area contributed by atoms with Crippen LogP contribution in [0.25, 0.3) is 56.0 Å². The van der Waals surface area contributed by atoms with Gasteiger partial charge in [-0.3, -0.25) is 10.1 Å². The number of non-ortho nitro benzene ring substituents is 1. The van der Waals surface area contributed by atoms with Crippen molar-refractivity contribution in [3.63, 3.8) is 0 Å². The first kappa shape index (κ1) is 29.0. The lowest BCUT2D eigenvalue weighted by Gasteiger charge is -2.16. The summed E-state index contributed by atoms with van der Waals surface area (Å²) in [6, 6.07) is 45.0. The molecule has 2 heterocycles. The van der Waals surface area contributed by atoms with Crippen molar-refractivity contribution in [2.24, 2.45) is 0 Å². The van der Waals surface area contributed by atoms with Gasteiger partial charge in [-0.1, -0.05) is 59.7 Å². The van der Waals surface area contributed by atoms with E-state index in [4.69, 9.17) is 0 Å². The molecule has 0 unspecified atom stereocenters. The molecule has 0 aliphatic carbocycles. The number of benzene rings is 5. The van der Waals surface area contributed by atoms with Crippen molar-refractivity contribution in [2.45, 2.75) is 13.8 Å². The third-order valence-electron chi connectivity index (χ3n) is 8.47. The first-order valence-electron chi connectivity index (χ1n) is 15.1. The van der Waals surface area contributed by atoms with Crippen molar-refractivity contribution >= 4 is 16.7 Å². The Morgan fingerprint density at radius 3 is 1.55 bits per heavy atom. The Kier molecular flexibility index (Phi) is 7.21. The van der Waals surface area contributed by atoms with Crippen LogP contribution in [0.2, 0.25) is 0 Å². The summed E-state index contributed by atoms with van der Waals surface area (Å²) in [4.78, 5) is 11.3. The van der Waals surface area contributed by atoms with E-state index in [0.717, 1.165) is 67.2 Å². The van der Waals surface area contributed by atoms with Crippen LogP contribution in [0.15, 0.2) is 127 Å². The molecule has 0 bridgehead atoms. The number of nitriles is 2. The molecule has 0 fully saturated rings. The molecule has 0 aliphatic rings. The van der Waals surface area contributed by atoms with Gasteiger partial charge in [-0.25, -0.2) is 0 Å². The van der Waals surface area contributed by atoms with Gasteiger partial charge in [0.25, 0.3) is 5.69 Å². The third kappa shape index (κ3) is 5.12. The molecule has 7 heteroatoms. The lowest BCUT2D eigenvalue weighted by Crippen LogP contribution is -2.00. The summed E-state index contributed by atoms with van der Waals surface area (Å²) in [5, 5.41) is 30.7. The summed E-state index contributed by atoms with van der Waals surface area (Å²) >= 11 is 0. The average Bonchev–Trinajstić information content (AvgIpc) is 3.64. The average molecular weight is 610 g/mol. The summed E-state index contributed by atoms with van der Waals surface area (Å²) in [5.41, 5.74) is 12.5. The highest BCUT2D eigenvalue weighted by molar-refractivity contribution is 6.07. The lowest BCUT2D eigenvalue weighted by molar-refractivity contribution is -0.384. The number of nitrogens with zero attached hydrogens (tertiary/aromatic N) is 5. The highest BCUT2D eigenvalue weighted by Crippen LogP contribution is 2.47. The van der Waals surface area contributed by atoms with Crippen LogP contribution in [0.3, 0.4) is 0 Å². The van der Waals surface area contributed by atoms with E-state index in [0.29, 0.717) is 11.1 Å². The zero-order valence-electron chi connectivity index (χ0n) is 25.7. The van der Waals surface area contributed by atoms with Crippen LogP contribution in [0.1, 0.15) is 22.3 Å². The van der Waals surface area contributed by atoms with Crippen LogP contribution in [0, 0.1) is 46.6 Å². The van der Waals surface area contributed by atoms with E-state index >= 15 is 0 Å². The minimum atomic E-state index is -0.392. The van der Waals surface area contributed by atoms with Gasteiger partial charge in [0, 0.05) is 29.1 Å². The molecule has 7 rings (SSSR count). The molecule has 0 spiro atoms. The first-order chi connectivity index (χ1) is 22.9. The largest absolute Gasteiger partial charge is 0.307 e. The Labute approximate surface area is 271 Å². The highest BCUT2D eigenvalue weighted by atomic mass is 16.6. The maximum Gasteiger partial charge on any atom is 0.269 e. The second-order valence-corrected chi connectivity index (χ2v) is 11.5. The van der Waals surface area contributed by atoms with E-state index in [2.05, 4.69) is 89.7 Å². The molecule has 224 valence electrons. The molecule has 0 atom stereocenters. The number of nitro benzene ring substituents is 1. The number of aromatic nitrogens is 2. The van der Waals surface area contributed by atoms with Gasteiger partial charge in [-0.2, -0.15) is 10.5 Å². The Bertz CT molecular complexity index is 2320. The van der Waals surface area contributed by atoms with E-state index in [1.54, 1.807) is 12.1 Å².